The summed E-state index contributed by atoms with van der Waals surface area (Å²) in [7, 11) is 4.56. The normalized spacial score (nSPS) is 10.6. The van der Waals surface area contributed by atoms with Crippen molar-refractivity contribution >= 4 is 11.6 Å². The topological polar surface area (TPSA) is 63.8 Å². The van der Waals surface area contributed by atoms with Gasteiger partial charge in [-0.2, -0.15) is 5.26 Å². The van der Waals surface area contributed by atoms with E-state index in [0.29, 0.717) is 28.6 Å². The molecule has 0 saturated heterocycles. The van der Waals surface area contributed by atoms with Crippen LogP contribution in [-0.4, -0.2) is 27.2 Å². The lowest BCUT2D eigenvalue weighted by molar-refractivity contribution is 0.355. The van der Waals surface area contributed by atoms with Crippen LogP contribution in [0.2, 0.25) is 0 Å². The average molecular weight is 234 g/mol. The monoisotopic (exact) mass is 234 g/mol. The minimum Gasteiger partial charge on any atom is -0.493 e. The minimum atomic E-state index is 0.402. The quantitative estimate of drug-likeness (QED) is 0.594. The largest absolute Gasteiger partial charge is 0.493 e. The molecule has 0 aliphatic heterocycles. The van der Waals surface area contributed by atoms with Crippen molar-refractivity contribution in [1.82, 2.24) is 0 Å². The van der Waals surface area contributed by atoms with Gasteiger partial charge in [-0.15, -0.1) is 0 Å². The van der Waals surface area contributed by atoms with Crippen LogP contribution in [0.4, 0.5) is 5.69 Å². The van der Waals surface area contributed by atoms with Gasteiger partial charge in [0.25, 0.3) is 0 Å². The van der Waals surface area contributed by atoms with Gasteiger partial charge < -0.3 is 14.2 Å². The number of benzene rings is 1. The summed E-state index contributed by atoms with van der Waals surface area (Å²) in [6, 6.07) is 5.28. The van der Waals surface area contributed by atoms with E-state index in [2.05, 4.69) is 11.1 Å². The molecule has 0 atom stereocenters. The Morgan fingerprint density at radius 3 is 2.24 bits per heavy atom. The molecule has 0 unspecified atom stereocenters. The van der Waals surface area contributed by atoms with Crippen LogP contribution in [0.1, 0.15) is 12.5 Å². The SMILES string of the molecule is COC(C)=Nc1cc(OC)c(OC)cc1C#N. The number of hydrogen-bond donors (Lipinski definition) is 0. The first-order valence-corrected chi connectivity index (χ1v) is 4.91. The molecule has 0 aliphatic carbocycles. The van der Waals surface area contributed by atoms with Gasteiger partial charge in [-0.05, 0) is 0 Å². The fraction of sp³-hybridized carbons (Fsp3) is 0.333. The molecule has 0 aromatic heterocycles. The molecular formula is C12H14N2O3. The van der Waals surface area contributed by atoms with Crippen LogP contribution in [0, 0.1) is 11.3 Å². The molecule has 17 heavy (non-hydrogen) atoms. The molecule has 0 spiro atoms. The molecule has 0 radical (unpaired) electrons. The Labute approximate surface area is 100 Å². The maximum atomic E-state index is 9.03. The van der Waals surface area contributed by atoms with Crippen molar-refractivity contribution in [1.29, 1.82) is 5.26 Å². The first kappa shape index (κ1) is 12.8. The van der Waals surface area contributed by atoms with Crippen molar-refractivity contribution in [2.75, 3.05) is 21.3 Å². The smallest absolute Gasteiger partial charge is 0.184 e. The van der Waals surface area contributed by atoms with E-state index in [0.717, 1.165) is 0 Å². The fourth-order valence-electron chi connectivity index (χ4n) is 1.27. The van der Waals surface area contributed by atoms with Gasteiger partial charge in [0.1, 0.15) is 6.07 Å². The lowest BCUT2D eigenvalue weighted by atomic mass is 10.1. The zero-order valence-corrected chi connectivity index (χ0v) is 10.3. The van der Waals surface area contributed by atoms with Crippen molar-refractivity contribution in [3.8, 4) is 17.6 Å². The van der Waals surface area contributed by atoms with Gasteiger partial charge >= 0.3 is 0 Å². The molecule has 0 N–H and O–H groups in total. The van der Waals surface area contributed by atoms with Gasteiger partial charge in [0, 0.05) is 19.1 Å². The summed E-state index contributed by atoms with van der Waals surface area (Å²) in [6.45, 7) is 1.71. The number of rotatable bonds is 3. The second-order valence-corrected chi connectivity index (χ2v) is 3.17. The molecule has 0 bridgehead atoms. The highest BCUT2D eigenvalue weighted by Gasteiger charge is 2.10. The molecular weight excluding hydrogens is 220 g/mol. The van der Waals surface area contributed by atoms with E-state index >= 15 is 0 Å². The lowest BCUT2D eigenvalue weighted by Gasteiger charge is -2.09. The predicted molar refractivity (Wildman–Crippen MR) is 64.0 cm³/mol. The number of nitrogens with zero attached hydrogens (tertiary/aromatic N) is 2. The summed E-state index contributed by atoms with van der Waals surface area (Å²) >= 11 is 0. The molecule has 0 amide bonds. The summed E-state index contributed by atoms with van der Waals surface area (Å²) in [4.78, 5) is 4.17. The maximum absolute atomic E-state index is 9.03. The second-order valence-electron chi connectivity index (χ2n) is 3.17. The third-order valence-electron chi connectivity index (χ3n) is 2.20. The fourth-order valence-corrected chi connectivity index (χ4v) is 1.27. The molecule has 5 heteroatoms. The Morgan fingerprint density at radius 2 is 1.76 bits per heavy atom. The van der Waals surface area contributed by atoms with Gasteiger partial charge in [0.15, 0.2) is 17.4 Å². The number of ether oxygens (including phenoxy) is 3. The molecule has 0 aliphatic rings. The number of hydrogen-bond acceptors (Lipinski definition) is 5. The molecule has 1 aromatic carbocycles. The Balaban J connectivity index is 3.35. The van der Waals surface area contributed by atoms with Crippen LogP contribution in [0.3, 0.4) is 0 Å². The van der Waals surface area contributed by atoms with E-state index in [-0.39, 0.29) is 0 Å². The van der Waals surface area contributed by atoms with Gasteiger partial charge in [0.2, 0.25) is 0 Å². The summed E-state index contributed by atoms with van der Waals surface area (Å²) < 4.78 is 15.2. The van der Waals surface area contributed by atoms with Crippen LogP contribution in [0.5, 0.6) is 11.5 Å². The zero-order chi connectivity index (χ0) is 12.8. The number of methoxy groups -OCH3 is 3. The van der Waals surface area contributed by atoms with Gasteiger partial charge in [-0.1, -0.05) is 0 Å². The van der Waals surface area contributed by atoms with Gasteiger partial charge in [-0.25, -0.2) is 4.99 Å². The van der Waals surface area contributed by atoms with Crippen LogP contribution in [0.15, 0.2) is 17.1 Å². The minimum absolute atomic E-state index is 0.402. The Hall–Kier alpha value is -2.22. The van der Waals surface area contributed by atoms with Crippen molar-refractivity contribution in [2.24, 2.45) is 4.99 Å². The first-order chi connectivity index (χ1) is 8.15. The standard InChI is InChI=1S/C12H14N2O3/c1-8(15-2)14-10-6-12(17-4)11(16-3)5-9(10)7-13/h5-6H,1-4H3. The first-order valence-electron chi connectivity index (χ1n) is 4.91. The third kappa shape index (κ3) is 2.88. The van der Waals surface area contributed by atoms with Crippen molar-refractivity contribution < 1.29 is 14.2 Å². The highest BCUT2D eigenvalue weighted by atomic mass is 16.5. The molecule has 0 fully saturated rings. The summed E-state index contributed by atoms with van der Waals surface area (Å²) in [5.74, 6) is 1.49. The van der Waals surface area contributed by atoms with E-state index in [9.17, 15) is 0 Å². The highest BCUT2D eigenvalue weighted by Crippen LogP contribution is 2.34. The number of aliphatic imine (C=N–C) groups is 1. The zero-order valence-electron chi connectivity index (χ0n) is 10.3. The van der Waals surface area contributed by atoms with E-state index in [1.807, 2.05) is 0 Å². The Morgan fingerprint density at radius 1 is 1.18 bits per heavy atom. The van der Waals surface area contributed by atoms with Crippen molar-refractivity contribution in [2.45, 2.75) is 6.92 Å². The van der Waals surface area contributed by atoms with E-state index < -0.39 is 0 Å². The maximum Gasteiger partial charge on any atom is 0.184 e. The summed E-state index contributed by atoms with van der Waals surface area (Å²) in [6.07, 6.45) is 0. The van der Waals surface area contributed by atoms with Gasteiger partial charge in [-0.3, -0.25) is 0 Å². The van der Waals surface area contributed by atoms with E-state index in [1.165, 1.54) is 21.3 Å². The average Bonchev–Trinajstić information content (AvgIpc) is 2.37. The van der Waals surface area contributed by atoms with Crippen LogP contribution >= 0.6 is 0 Å². The molecule has 1 aromatic rings. The van der Waals surface area contributed by atoms with Crippen LogP contribution in [0.25, 0.3) is 0 Å². The summed E-state index contributed by atoms with van der Waals surface area (Å²) in [5.41, 5.74) is 0.892. The van der Waals surface area contributed by atoms with E-state index in [1.54, 1.807) is 19.1 Å². The lowest BCUT2D eigenvalue weighted by Crippen LogP contribution is -1.95. The van der Waals surface area contributed by atoms with Crippen LogP contribution in [-0.2, 0) is 4.74 Å². The molecule has 90 valence electrons. The van der Waals surface area contributed by atoms with Crippen molar-refractivity contribution in [3.63, 3.8) is 0 Å². The summed E-state index contributed by atoms with van der Waals surface area (Å²) in [5, 5.41) is 9.03. The molecule has 1 rings (SSSR count). The Bertz CT molecular complexity index is 475. The second kappa shape index (κ2) is 5.75. The van der Waals surface area contributed by atoms with Gasteiger partial charge in [0.05, 0.1) is 32.6 Å². The van der Waals surface area contributed by atoms with Crippen molar-refractivity contribution in [3.05, 3.63) is 17.7 Å². The van der Waals surface area contributed by atoms with E-state index in [4.69, 9.17) is 19.5 Å². The Kier molecular flexibility index (Phi) is 4.35. The highest BCUT2D eigenvalue weighted by molar-refractivity contribution is 5.78. The molecule has 0 heterocycles. The van der Waals surface area contributed by atoms with Crippen LogP contribution < -0.4 is 9.47 Å². The third-order valence-corrected chi connectivity index (χ3v) is 2.20. The molecule has 5 nitrogen and oxygen atoms in total. The molecule has 0 saturated carbocycles. The predicted octanol–water partition coefficient (Wildman–Crippen LogP) is 2.27. The number of nitriles is 1.